The molecule has 0 spiro atoms. The summed E-state index contributed by atoms with van der Waals surface area (Å²) in [4.78, 5) is 0.143. The summed E-state index contributed by atoms with van der Waals surface area (Å²) >= 11 is 0. The van der Waals surface area contributed by atoms with Crippen molar-refractivity contribution in [2.24, 2.45) is 5.73 Å². The highest BCUT2D eigenvalue weighted by Crippen LogP contribution is 2.21. The Hall–Kier alpha value is -1.70. The third-order valence-corrected chi connectivity index (χ3v) is 5.08. The number of H-pyrrole nitrogens is 1. The quantitative estimate of drug-likeness (QED) is 0.779. The number of hydrogen-bond acceptors (Lipinski definition) is 4. The van der Waals surface area contributed by atoms with Crippen LogP contribution in [0.25, 0.3) is 0 Å². The number of sulfonamides is 1. The van der Waals surface area contributed by atoms with Crippen molar-refractivity contribution in [2.45, 2.75) is 38.3 Å². The lowest BCUT2D eigenvalue weighted by atomic mass is 10.1. The van der Waals surface area contributed by atoms with Gasteiger partial charge in [0.1, 0.15) is 4.90 Å². The van der Waals surface area contributed by atoms with Gasteiger partial charge in [-0.3, -0.25) is 5.10 Å². The molecular formula is C14H20N4O2S. The van der Waals surface area contributed by atoms with E-state index in [2.05, 4.69) is 14.9 Å². The predicted octanol–water partition coefficient (Wildman–Crippen LogP) is 1.52. The van der Waals surface area contributed by atoms with Gasteiger partial charge in [0, 0.05) is 12.6 Å². The molecule has 21 heavy (non-hydrogen) atoms. The first-order chi connectivity index (χ1) is 9.85. The molecule has 0 bridgehead atoms. The van der Waals surface area contributed by atoms with Gasteiger partial charge in [0.2, 0.25) is 10.0 Å². The molecule has 114 valence electrons. The molecule has 1 atom stereocenters. The van der Waals surface area contributed by atoms with Gasteiger partial charge in [-0.25, -0.2) is 13.1 Å². The molecule has 0 saturated carbocycles. The number of benzene rings is 1. The number of aromatic nitrogens is 2. The molecule has 0 aliphatic rings. The van der Waals surface area contributed by atoms with Crippen molar-refractivity contribution in [3.8, 4) is 0 Å². The van der Waals surface area contributed by atoms with Crippen LogP contribution < -0.4 is 10.5 Å². The summed E-state index contributed by atoms with van der Waals surface area (Å²) in [5.74, 6) is 0. The molecule has 2 aromatic rings. The molecule has 7 heteroatoms. The van der Waals surface area contributed by atoms with Gasteiger partial charge in [-0.2, -0.15) is 5.10 Å². The van der Waals surface area contributed by atoms with Crippen LogP contribution in [0.3, 0.4) is 0 Å². The number of nitrogens with one attached hydrogen (secondary N) is 2. The van der Waals surface area contributed by atoms with Crippen LogP contribution in [0.2, 0.25) is 0 Å². The summed E-state index contributed by atoms with van der Waals surface area (Å²) < 4.78 is 27.7. The Morgan fingerprint density at radius 1 is 1.29 bits per heavy atom. The zero-order valence-corrected chi connectivity index (χ0v) is 13.2. The zero-order chi connectivity index (χ0) is 15.6. The fourth-order valence-electron chi connectivity index (χ4n) is 2.18. The van der Waals surface area contributed by atoms with E-state index < -0.39 is 10.0 Å². The predicted molar refractivity (Wildman–Crippen MR) is 81.1 cm³/mol. The molecule has 0 fully saturated rings. The fourth-order valence-corrected chi connectivity index (χ4v) is 3.79. The summed E-state index contributed by atoms with van der Waals surface area (Å²) in [6.45, 7) is 5.53. The lowest BCUT2D eigenvalue weighted by Crippen LogP contribution is -2.28. The van der Waals surface area contributed by atoms with Crippen LogP contribution in [0.5, 0.6) is 0 Å². The molecular weight excluding hydrogens is 288 g/mol. The second-order valence-corrected chi connectivity index (χ2v) is 6.73. The van der Waals surface area contributed by atoms with Gasteiger partial charge >= 0.3 is 0 Å². The highest BCUT2D eigenvalue weighted by atomic mass is 32.2. The molecule has 1 aromatic heterocycles. The maximum Gasteiger partial charge on any atom is 0.244 e. The van der Waals surface area contributed by atoms with E-state index in [9.17, 15) is 8.42 Å². The minimum absolute atomic E-state index is 0.0689. The van der Waals surface area contributed by atoms with Gasteiger partial charge in [-0.15, -0.1) is 0 Å². The van der Waals surface area contributed by atoms with Crippen LogP contribution in [-0.4, -0.2) is 18.6 Å². The molecule has 2 rings (SSSR count). The Morgan fingerprint density at radius 2 is 1.90 bits per heavy atom. The van der Waals surface area contributed by atoms with E-state index in [1.165, 1.54) is 0 Å². The van der Waals surface area contributed by atoms with Crippen LogP contribution in [0.15, 0.2) is 29.2 Å². The highest BCUT2D eigenvalue weighted by molar-refractivity contribution is 7.89. The Kier molecular flexibility index (Phi) is 4.46. The first-order valence-electron chi connectivity index (χ1n) is 6.68. The van der Waals surface area contributed by atoms with E-state index >= 15 is 0 Å². The highest BCUT2D eigenvalue weighted by Gasteiger charge is 2.25. The molecule has 6 nitrogen and oxygen atoms in total. The van der Waals surface area contributed by atoms with E-state index in [4.69, 9.17) is 5.73 Å². The topological polar surface area (TPSA) is 101 Å². The lowest BCUT2D eigenvalue weighted by Gasteiger charge is -2.15. The maximum atomic E-state index is 12.5. The van der Waals surface area contributed by atoms with E-state index in [1.807, 2.05) is 31.2 Å². The van der Waals surface area contributed by atoms with Gasteiger partial charge in [-0.05, 0) is 26.3 Å². The Balaban J connectivity index is 2.28. The van der Waals surface area contributed by atoms with E-state index in [-0.39, 0.29) is 17.5 Å². The maximum absolute atomic E-state index is 12.5. The summed E-state index contributed by atoms with van der Waals surface area (Å²) in [6, 6.07) is 7.39. The number of rotatable bonds is 5. The number of nitrogens with two attached hydrogens (primary N) is 1. The summed E-state index contributed by atoms with van der Waals surface area (Å²) in [5, 5.41) is 6.59. The molecule has 1 unspecified atom stereocenters. The number of hydrogen-bond donors (Lipinski definition) is 3. The lowest BCUT2D eigenvalue weighted by molar-refractivity contribution is 0.565. The number of aryl methyl sites for hydroxylation is 2. The van der Waals surface area contributed by atoms with Crippen molar-refractivity contribution < 1.29 is 8.42 Å². The normalized spacial score (nSPS) is 13.3. The second kappa shape index (κ2) is 5.97. The van der Waals surface area contributed by atoms with Crippen LogP contribution in [-0.2, 0) is 16.6 Å². The Morgan fingerprint density at radius 3 is 2.48 bits per heavy atom. The van der Waals surface area contributed by atoms with Crippen LogP contribution in [0.1, 0.15) is 35.5 Å². The molecule has 0 amide bonds. The minimum atomic E-state index is -3.67. The third kappa shape index (κ3) is 3.31. The third-order valence-electron chi connectivity index (χ3n) is 3.33. The number of aromatic amines is 1. The molecule has 0 saturated heterocycles. The van der Waals surface area contributed by atoms with E-state index in [1.54, 1.807) is 13.8 Å². The molecule has 4 N–H and O–H groups in total. The standard InChI is InChI=1S/C14H20N4O2S/c1-9-4-6-12(7-5-9)10(2)18-21(19,20)14-11(3)16-17-13(14)8-15/h4-7,10,18H,8,15H2,1-3H3,(H,16,17). The largest absolute Gasteiger partial charge is 0.325 e. The SMILES string of the molecule is Cc1ccc(C(C)NS(=O)(=O)c2c(CN)n[nH]c2C)cc1. The van der Waals surface area contributed by atoms with Crippen molar-refractivity contribution >= 4 is 10.0 Å². The van der Waals surface area contributed by atoms with Crippen molar-refractivity contribution in [1.82, 2.24) is 14.9 Å². The average molecular weight is 308 g/mol. The average Bonchev–Trinajstić information content (AvgIpc) is 2.80. The van der Waals surface area contributed by atoms with Crippen molar-refractivity contribution in [2.75, 3.05) is 0 Å². The molecule has 0 aliphatic carbocycles. The summed E-state index contributed by atoms with van der Waals surface area (Å²) in [6.07, 6.45) is 0. The van der Waals surface area contributed by atoms with Gasteiger partial charge in [0.05, 0.1) is 11.4 Å². The van der Waals surface area contributed by atoms with Crippen LogP contribution in [0, 0.1) is 13.8 Å². The van der Waals surface area contributed by atoms with Crippen molar-refractivity contribution in [3.05, 3.63) is 46.8 Å². The zero-order valence-electron chi connectivity index (χ0n) is 12.3. The van der Waals surface area contributed by atoms with Crippen molar-refractivity contribution in [1.29, 1.82) is 0 Å². The van der Waals surface area contributed by atoms with Gasteiger partial charge < -0.3 is 5.73 Å². The number of nitrogens with zero attached hydrogens (tertiary/aromatic N) is 1. The van der Waals surface area contributed by atoms with Gasteiger partial charge in [0.15, 0.2) is 0 Å². The van der Waals surface area contributed by atoms with Gasteiger partial charge in [0.25, 0.3) is 0 Å². The monoisotopic (exact) mass is 308 g/mol. The van der Waals surface area contributed by atoms with E-state index in [0.717, 1.165) is 11.1 Å². The van der Waals surface area contributed by atoms with Crippen LogP contribution >= 0.6 is 0 Å². The molecule has 0 radical (unpaired) electrons. The molecule has 1 aromatic carbocycles. The molecule has 1 heterocycles. The first kappa shape index (κ1) is 15.7. The van der Waals surface area contributed by atoms with E-state index in [0.29, 0.717) is 11.4 Å². The Bertz CT molecular complexity index is 720. The Labute approximate surface area is 124 Å². The molecule has 0 aliphatic heterocycles. The fraction of sp³-hybridized carbons (Fsp3) is 0.357. The minimum Gasteiger partial charge on any atom is -0.325 e. The first-order valence-corrected chi connectivity index (χ1v) is 8.16. The van der Waals surface area contributed by atoms with Crippen LogP contribution in [0.4, 0.5) is 0 Å². The van der Waals surface area contributed by atoms with Gasteiger partial charge in [-0.1, -0.05) is 29.8 Å². The van der Waals surface area contributed by atoms with Crippen molar-refractivity contribution in [3.63, 3.8) is 0 Å². The second-order valence-electron chi connectivity index (χ2n) is 5.08. The summed E-state index contributed by atoms with van der Waals surface area (Å²) in [7, 11) is -3.67. The smallest absolute Gasteiger partial charge is 0.244 e. The summed E-state index contributed by atoms with van der Waals surface area (Å²) in [5.41, 5.74) is 8.41.